The Balaban J connectivity index is 1.42. The molecule has 8 nitrogen and oxygen atoms in total. The number of hydrogen-bond donors (Lipinski definition) is 1. The molecule has 1 N–H and O–H groups in total. The maximum absolute atomic E-state index is 14.1. The zero-order chi connectivity index (χ0) is 28.2. The molecule has 6 rings (SSSR count). The van der Waals surface area contributed by atoms with Crippen molar-refractivity contribution in [3.63, 3.8) is 0 Å². The summed E-state index contributed by atoms with van der Waals surface area (Å²) in [4.78, 5) is 49.0. The van der Waals surface area contributed by atoms with E-state index in [1.165, 1.54) is 25.7 Å². The van der Waals surface area contributed by atoms with Crippen molar-refractivity contribution >= 4 is 29.3 Å². The van der Waals surface area contributed by atoms with E-state index in [1.807, 2.05) is 60.4 Å². The number of nitrogens with zero attached hydrogens (tertiary/aromatic N) is 3. The first kappa shape index (κ1) is 27.9. The summed E-state index contributed by atoms with van der Waals surface area (Å²) < 4.78 is 5.43. The number of hydrogen-bond acceptors (Lipinski definition) is 5. The average Bonchev–Trinajstić information content (AvgIpc) is 3.32. The second-order valence-electron chi connectivity index (χ2n) is 11.9. The standard InChI is InChI=1S/C32H40N4O4/c1-21(2)16-27-26-11-7-8-22(3)29(26)36(19-28(37)35-17-23-12-13-24(18-35)15-14-23)31(38)30(33-27)34-32(39)40-20-25-9-5-4-6-10-25/h4-11,21,23-24,30H,12-20H2,1-3H3,(H,34,39)/t23?,24?,30-/m1/s1. The van der Waals surface area contributed by atoms with Gasteiger partial charge in [-0.25, -0.2) is 4.79 Å². The fourth-order valence-corrected chi connectivity index (χ4v) is 6.20. The fraction of sp³-hybridized carbons (Fsp3) is 0.500. The number of nitrogens with one attached hydrogen (secondary N) is 1. The predicted molar refractivity (Wildman–Crippen MR) is 155 cm³/mol. The van der Waals surface area contributed by atoms with E-state index in [1.54, 1.807) is 4.90 Å². The third kappa shape index (κ3) is 6.37. The summed E-state index contributed by atoms with van der Waals surface area (Å²) in [6, 6.07) is 15.2. The molecule has 2 bridgehead atoms. The van der Waals surface area contributed by atoms with Crippen molar-refractivity contribution in [2.24, 2.45) is 22.7 Å². The fourth-order valence-electron chi connectivity index (χ4n) is 6.20. The molecule has 212 valence electrons. The van der Waals surface area contributed by atoms with Crippen LogP contribution >= 0.6 is 0 Å². The van der Waals surface area contributed by atoms with Gasteiger partial charge < -0.3 is 9.64 Å². The van der Waals surface area contributed by atoms with E-state index in [9.17, 15) is 14.4 Å². The summed E-state index contributed by atoms with van der Waals surface area (Å²) in [6.45, 7) is 7.63. The molecule has 2 aromatic rings. The third-order valence-corrected chi connectivity index (χ3v) is 8.24. The molecule has 0 aromatic heterocycles. The van der Waals surface area contributed by atoms with Crippen LogP contribution in [0.1, 0.15) is 62.6 Å². The Morgan fingerprint density at radius 1 is 1.00 bits per heavy atom. The molecule has 1 atom stereocenters. The van der Waals surface area contributed by atoms with Crippen molar-refractivity contribution in [2.75, 3.05) is 24.5 Å². The second kappa shape index (κ2) is 12.2. The lowest BCUT2D eigenvalue weighted by Crippen LogP contribution is -2.51. The van der Waals surface area contributed by atoms with Crippen LogP contribution in [0.2, 0.25) is 0 Å². The molecule has 0 spiro atoms. The number of rotatable bonds is 7. The van der Waals surface area contributed by atoms with Crippen molar-refractivity contribution < 1.29 is 19.1 Å². The van der Waals surface area contributed by atoms with Gasteiger partial charge in [0.05, 0.1) is 5.69 Å². The molecule has 0 unspecified atom stereocenters. The Labute approximate surface area is 236 Å². The van der Waals surface area contributed by atoms with E-state index in [0.29, 0.717) is 23.9 Å². The minimum Gasteiger partial charge on any atom is -0.445 e. The zero-order valence-corrected chi connectivity index (χ0v) is 23.8. The highest BCUT2D eigenvalue weighted by Gasteiger charge is 2.37. The van der Waals surface area contributed by atoms with Crippen LogP contribution < -0.4 is 10.2 Å². The number of fused-ring (bicyclic) bond motifs is 5. The molecule has 3 amide bonds. The largest absolute Gasteiger partial charge is 0.445 e. The minimum atomic E-state index is -1.20. The second-order valence-corrected chi connectivity index (χ2v) is 11.9. The highest BCUT2D eigenvalue weighted by atomic mass is 16.5. The van der Waals surface area contributed by atoms with Gasteiger partial charge in [0.15, 0.2) is 0 Å². The maximum Gasteiger partial charge on any atom is 0.409 e. The smallest absolute Gasteiger partial charge is 0.409 e. The number of alkyl carbamates (subject to hydrolysis) is 1. The van der Waals surface area contributed by atoms with Gasteiger partial charge in [0.1, 0.15) is 13.2 Å². The highest BCUT2D eigenvalue weighted by Crippen LogP contribution is 2.35. The van der Waals surface area contributed by atoms with E-state index < -0.39 is 18.2 Å². The van der Waals surface area contributed by atoms with Gasteiger partial charge >= 0.3 is 6.09 Å². The van der Waals surface area contributed by atoms with Crippen LogP contribution in [0.4, 0.5) is 10.5 Å². The van der Waals surface area contributed by atoms with Crippen LogP contribution in [0.3, 0.4) is 0 Å². The normalized spacial score (nSPS) is 22.4. The van der Waals surface area contributed by atoms with Crippen LogP contribution in [0.5, 0.6) is 0 Å². The number of aryl methyl sites for hydroxylation is 1. The Morgan fingerprint density at radius 2 is 1.68 bits per heavy atom. The van der Waals surface area contributed by atoms with Gasteiger partial charge in [-0.2, -0.15) is 0 Å². The molecule has 1 aliphatic carbocycles. The molecule has 40 heavy (non-hydrogen) atoms. The first-order chi connectivity index (χ1) is 19.3. The molecule has 3 aliphatic heterocycles. The quantitative estimate of drug-likeness (QED) is 0.526. The van der Waals surface area contributed by atoms with Crippen LogP contribution in [0, 0.1) is 24.7 Å². The third-order valence-electron chi connectivity index (χ3n) is 8.24. The summed E-state index contributed by atoms with van der Waals surface area (Å²) in [5.41, 5.74) is 3.99. The van der Waals surface area contributed by atoms with Crippen molar-refractivity contribution in [2.45, 2.75) is 65.6 Å². The van der Waals surface area contributed by atoms with Crippen molar-refractivity contribution in [3.05, 3.63) is 65.2 Å². The maximum atomic E-state index is 14.1. The van der Waals surface area contributed by atoms with E-state index in [0.717, 1.165) is 35.5 Å². The Hall–Kier alpha value is -3.68. The average molecular weight is 545 g/mol. The van der Waals surface area contributed by atoms with Crippen molar-refractivity contribution in [1.29, 1.82) is 0 Å². The Bertz CT molecular complexity index is 1250. The van der Waals surface area contributed by atoms with Crippen LogP contribution in [0.25, 0.3) is 0 Å². The first-order valence-electron chi connectivity index (χ1n) is 14.5. The molecule has 8 heteroatoms. The highest BCUT2D eigenvalue weighted by molar-refractivity contribution is 6.15. The van der Waals surface area contributed by atoms with Crippen molar-refractivity contribution in [3.8, 4) is 0 Å². The number of ether oxygens (including phenoxy) is 1. The van der Waals surface area contributed by atoms with Crippen LogP contribution in [-0.4, -0.2) is 54.3 Å². The van der Waals surface area contributed by atoms with Crippen LogP contribution in [0.15, 0.2) is 53.5 Å². The molecule has 3 fully saturated rings. The number of carbonyl (C=O) groups is 3. The van der Waals surface area contributed by atoms with Crippen molar-refractivity contribution in [1.82, 2.24) is 10.2 Å². The Kier molecular flexibility index (Phi) is 8.52. The van der Waals surface area contributed by atoms with E-state index in [-0.39, 0.29) is 25.0 Å². The lowest BCUT2D eigenvalue weighted by atomic mass is 9.84. The molecule has 3 heterocycles. The molecule has 1 saturated carbocycles. The zero-order valence-electron chi connectivity index (χ0n) is 23.8. The monoisotopic (exact) mass is 544 g/mol. The summed E-state index contributed by atoms with van der Waals surface area (Å²) in [6.07, 6.45) is 3.37. The van der Waals surface area contributed by atoms with Gasteiger partial charge in [0.25, 0.3) is 5.91 Å². The number of aliphatic imine (C=N–C) groups is 1. The molecule has 0 radical (unpaired) electrons. The Morgan fingerprint density at radius 3 is 2.33 bits per heavy atom. The summed E-state index contributed by atoms with van der Waals surface area (Å²) >= 11 is 0. The SMILES string of the molecule is Cc1cccc2c1N(CC(=O)N1CC3CCC(CC3)C1)C(=O)[C@@H](NC(=O)OCc1ccccc1)N=C2CC(C)C. The van der Waals surface area contributed by atoms with Gasteiger partial charge in [0.2, 0.25) is 12.1 Å². The summed E-state index contributed by atoms with van der Waals surface area (Å²) in [5, 5.41) is 2.69. The lowest BCUT2D eigenvalue weighted by Gasteiger charge is -2.30. The molecular weight excluding hydrogens is 504 g/mol. The van der Waals surface area contributed by atoms with Crippen LogP contribution in [-0.2, 0) is 20.9 Å². The van der Waals surface area contributed by atoms with Gasteiger partial charge in [-0.3, -0.25) is 24.8 Å². The summed E-state index contributed by atoms with van der Waals surface area (Å²) in [7, 11) is 0. The topological polar surface area (TPSA) is 91.3 Å². The predicted octanol–water partition coefficient (Wildman–Crippen LogP) is 5.08. The van der Waals surface area contributed by atoms with E-state index in [2.05, 4.69) is 19.2 Å². The number of anilines is 1. The number of para-hydroxylation sites is 1. The number of benzodiazepines with no additional fused rings is 1. The van der Waals surface area contributed by atoms with E-state index in [4.69, 9.17) is 9.73 Å². The minimum absolute atomic E-state index is 0.0564. The van der Waals surface area contributed by atoms with Gasteiger partial charge in [-0.15, -0.1) is 0 Å². The number of carbonyl (C=O) groups excluding carboxylic acids is 3. The molecular formula is C32H40N4O4. The number of benzene rings is 2. The van der Waals surface area contributed by atoms with Gasteiger partial charge in [-0.05, 0) is 67.9 Å². The molecule has 4 aliphatic rings. The molecule has 2 saturated heterocycles. The first-order valence-corrected chi connectivity index (χ1v) is 14.5. The van der Waals surface area contributed by atoms with Gasteiger partial charge in [0, 0.05) is 24.4 Å². The summed E-state index contributed by atoms with van der Waals surface area (Å²) in [5.74, 6) is 0.850. The van der Waals surface area contributed by atoms with Gasteiger partial charge in [-0.1, -0.05) is 62.4 Å². The lowest BCUT2D eigenvalue weighted by molar-refractivity contribution is -0.132. The van der Waals surface area contributed by atoms with E-state index >= 15 is 0 Å². The molecule has 2 aromatic carbocycles. The number of amides is 3.